The number of rotatable bonds is 4. The molecule has 0 fully saturated rings. The average molecular weight is 403 g/mol. The van der Waals surface area contributed by atoms with E-state index in [1.807, 2.05) is 6.07 Å². The summed E-state index contributed by atoms with van der Waals surface area (Å²) in [5.41, 5.74) is -0.583. The Labute approximate surface area is 162 Å². The molecule has 1 aromatic carbocycles. The van der Waals surface area contributed by atoms with E-state index in [2.05, 4.69) is 10.1 Å². The van der Waals surface area contributed by atoms with Crippen molar-refractivity contribution in [1.82, 2.24) is 14.8 Å². The number of hydrogen-bond donors (Lipinski definition) is 0. The van der Waals surface area contributed by atoms with E-state index < -0.39 is 17.5 Å². The lowest BCUT2D eigenvalue weighted by Crippen LogP contribution is -2.09. The summed E-state index contributed by atoms with van der Waals surface area (Å²) in [6.07, 6.45) is -1.32. The number of pyridine rings is 1. The molecule has 2 heterocycles. The first kappa shape index (κ1) is 19.3. The summed E-state index contributed by atoms with van der Waals surface area (Å²) < 4.78 is 39.5. The number of carbonyl (C=O) groups excluding carboxylic acids is 1. The predicted octanol–water partition coefficient (Wildman–Crippen LogP) is 4.73. The van der Waals surface area contributed by atoms with E-state index in [4.69, 9.17) is 11.6 Å². The molecule has 0 aliphatic rings. The number of halogens is 4. The highest BCUT2D eigenvalue weighted by molar-refractivity contribution is 6.32. The minimum absolute atomic E-state index is 0.0598. The van der Waals surface area contributed by atoms with Crippen molar-refractivity contribution in [3.05, 3.63) is 82.3 Å². The van der Waals surface area contributed by atoms with Gasteiger partial charge in [0.1, 0.15) is 11.6 Å². The number of carbonyl (C=O) groups is 1. The van der Waals surface area contributed by atoms with E-state index in [1.54, 1.807) is 30.3 Å². The maximum Gasteiger partial charge on any atom is 0.417 e. The van der Waals surface area contributed by atoms with E-state index in [1.165, 1.54) is 18.3 Å². The second kappa shape index (κ2) is 7.66. The van der Waals surface area contributed by atoms with Crippen molar-refractivity contribution >= 4 is 23.5 Å². The van der Waals surface area contributed by atoms with Gasteiger partial charge in [-0.25, -0.2) is 9.67 Å². The Morgan fingerprint density at radius 2 is 1.93 bits per heavy atom. The van der Waals surface area contributed by atoms with Gasteiger partial charge in [0.25, 0.3) is 0 Å². The van der Waals surface area contributed by atoms with Crippen molar-refractivity contribution in [2.75, 3.05) is 0 Å². The van der Waals surface area contributed by atoms with Gasteiger partial charge in [-0.3, -0.25) is 4.79 Å². The van der Waals surface area contributed by atoms with Gasteiger partial charge < -0.3 is 0 Å². The van der Waals surface area contributed by atoms with Gasteiger partial charge in [0.2, 0.25) is 5.78 Å². The molecule has 9 heteroatoms. The fraction of sp³-hybridized carbons (Fsp3) is 0.0526. The van der Waals surface area contributed by atoms with Gasteiger partial charge in [0.05, 0.1) is 22.5 Å². The standard InChI is InChI=1S/C19H10ClF3N4O/c20-16-9-14(19(21,22)23)11-25-18(16)27-15(6-7-26-27)8-13(10-24)17(28)12-4-2-1-3-5-12/h1-9,11H/b13-8-. The fourth-order valence-corrected chi connectivity index (χ4v) is 2.63. The minimum atomic E-state index is -4.59. The summed E-state index contributed by atoms with van der Waals surface area (Å²) >= 11 is 5.95. The highest BCUT2D eigenvalue weighted by atomic mass is 35.5. The molecule has 2 aromatic heterocycles. The summed E-state index contributed by atoms with van der Waals surface area (Å²) in [5.74, 6) is -0.558. The lowest BCUT2D eigenvalue weighted by atomic mass is 10.0. The Balaban J connectivity index is 2.01. The van der Waals surface area contributed by atoms with Crippen LogP contribution in [0.5, 0.6) is 0 Å². The molecular formula is C19H10ClF3N4O. The zero-order valence-electron chi connectivity index (χ0n) is 14.0. The van der Waals surface area contributed by atoms with Crippen molar-refractivity contribution in [3.63, 3.8) is 0 Å². The number of nitriles is 1. The van der Waals surface area contributed by atoms with E-state index in [-0.39, 0.29) is 22.1 Å². The highest BCUT2D eigenvalue weighted by Crippen LogP contribution is 2.32. The molecule has 28 heavy (non-hydrogen) atoms. The first-order valence-corrected chi connectivity index (χ1v) is 8.17. The normalized spacial score (nSPS) is 11.9. The van der Waals surface area contributed by atoms with Gasteiger partial charge in [-0.1, -0.05) is 41.9 Å². The first-order valence-electron chi connectivity index (χ1n) is 7.80. The maximum absolute atomic E-state index is 12.8. The molecule has 0 radical (unpaired) electrons. The Hall–Kier alpha value is -3.44. The summed E-state index contributed by atoms with van der Waals surface area (Å²) in [6.45, 7) is 0. The molecule has 0 atom stereocenters. The molecule has 0 spiro atoms. The SMILES string of the molecule is N#C/C(=C/c1ccnn1-c1ncc(C(F)(F)F)cc1Cl)C(=O)c1ccccc1. The van der Waals surface area contributed by atoms with Crippen LogP contribution in [-0.4, -0.2) is 20.5 Å². The third-order valence-electron chi connectivity index (χ3n) is 3.71. The van der Waals surface area contributed by atoms with Gasteiger partial charge in [0.15, 0.2) is 5.82 Å². The van der Waals surface area contributed by atoms with Crippen LogP contribution in [-0.2, 0) is 6.18 Å². The molecule has 5 nitrogen and oxygen atoms in total. The van der Waals surface area contributed by atoms with Crippen LogP contribution in [0.25, 0.3) is 11.9 Å². The monoisotopic (exact) mass is 402 g/mol. The van der Waals surface area contributed by atoms with E-state index in [9.17, 15) is 23.2 Å². The number of Topliss-reactive ketones (excluding diaryl/α,β-unsaturated/α-hetero) is 1. The topological polar surface area (TPSA) is 71.6 Å². The minimum Gasteiger partial charge on any atom is -0.288 e. The number of allylic oxidation sites excluding steroid dienone is 1. The van der Waals surface area contributed by atoms with Gasteiger partial charge in [-0.2, -0.15) is 23.5 Å². The molecule has 0 amide bonds. The molecule has 0 saturated heterocycles. The van der Waals surface area contributed by atoms with Gasteiger partial charge in [-0.15, -0.1) is 0 Å². The van der Waals surface area contributed by atoms with Gasteiger partial charge in [0, 0.05) is 11.8 Å². The van der Waals surface area contributed by atoms with E-state index in [0.717, 1.165) is 10.7 Å². The number of benzene rings is 1. The number of nitrogens with zero attached hydrogens (tertiary/aromatic N) is 4. The summed E-state index contributed by atoms with van der Waals surface area (Å²) in [4.78, 5) is 16.2. The molecule has 3 aromatic rings. The molecular weight excluding hydrogens is 393 g/mol. The molecule has 0 unspecified atom stereocenters. The Morgan fingerprint density at radius 3 is 2.54 bits per heavy atom. The van der Waals surface area contributed by atoms with Crippen molar-refractivity contribution < 1.29 is 18.0 Å². The van der Waals surface area contributed by atoms with E-state index in [0.29, 0.717) is 11.8 Å². The van der Waals surface area contributed by atoms with Crippen LogP contribution in [0.3, 0.4) is 0 Å². The quantitative estimate of drug-likeness (QED) is 0.359. The molecule has 3 rings (SSSR count). The molecule has 0 bridgehead atoms. The van der Waals surface area contributed by atoms with E-state index >= 15 is 0 Å². The zero-order chi connectivity index (χ0) is 20.3. The number of aromatic nitrogens is 3. The Kier molecular flexibility index (Phi) is 5.29. The molecule has 0 N–H and O–H groups in total. The van der Waals surface area contributed by atoms with Crippen molar-refractivity contribution in [2.24, 2.45) is 0 Å². The van der Waals surface area contributed by atoms with Crippen LogP contribution < -0.4 is 0 Å². The Bertz CT molecular complexity index is 1100. The lowest BCUT2D eigenvalue weighted by molar-refractivity contribution is -0.137. The average Bonchev–Trinajstić information content (AvgIpc) is 3.13. The maximum atomic E-state index is 12.8. The van der Waals surface area contributed by atoms with Crippen LogP contribution in [0.15, 0.2) is 60.4 Å². The third kappa shape index (κ3) is 3.94. The summed E-state index contributed by atoms with van der Waals surface area (Å²) in [5, 5.41) is 13.1. The Morgan fingerprint density at radius 1 is 1.21 bits per heavy atom. The van der Waals surface area contributed by atoms with Crippen molar-refractivity contribution in [3.8, 4) is 11.9 Å². The fourth-order valence-electron chi connectivity index (χ4n) is 2.38. The number of alkyl halides is 3. The number of hydrogen-bond acceptors (Lipinski definition) is 4. The van der Waals surface area contributed by atoms with Crippen molar-refractivity contribution in [2.45, 2.75) is 6.18 Å². The molecule has 0 saturated carbocycles. The molecule has 140 valence electrons. The second-order valence-corrected chi connectivity index (χ2v) is 5.97. The molecule has 0 aliphatic carbocycles. The van der Waals surface area contributed by atoms with Crippen LogP contribution >= 0.6 is 11.6 Å². The lowest BCUT2D eigenvalue weighted by Gasteiger charge is -2.10. The zero-order valence-corrected chi connectivity index (χ0v) is 14.7. The summed E-state index contributed by atoms with van der Waals surface area (Å²) in [6, 6.07) is 12.2. The van der Waals surface area contributed by atoms with Crippen LogP contribution in [0.1, 0.15) is 21.6 Å². The summed E-state index contributed by atoms with van der Waals surface area (Å²) in [7, 11) is 0. The van der Waals surface area contributed by atoms with Crippen molar-refractivity contribution in [1.29, 1.82) is 5.26 Å². The van der Waals surface area contributed by atoms with Gasteiger partial charge in [-0.05, 0) is 18.2 Å². The largest absolute Gasteiger partial charge is 0.417 e. The van der Waals surface area contributed by atoms with Crippen LogP contribution in [0.2, 0.25) is 5.02 Å². The van der Waals surface area contributed by atoms with Gasteiger partial charge >= 0.3 is 6.18 Å². The first-order chi connectivity index (χ1) is 13.3. The van der Waals surface area contributed by atoms with Crippen LogP contribution in [0, 0.1) is 11.3 Å². The number of ketones is 1. The smallest absolute Gasteiger partial charge is 0.288 e. The van der Waals surface area contributed by atoms with Crippen LogP contribution in [0.4, 0.5) is 13.2 Å². The molecule has 0 aliphatic heterocycles. The second-order valence-electron chi connectivity index (χ2n) is 5.56. The highest BCUT2D eigenvalue weighted by Gasteiger charge is 2.32. The third-order valence-corrected chi connectivity index (χ3v) is 3.99. The predicted molar refractivity (Wildman–Crippen MR) is 95.7 cm³/mol.